The minimum Gasteiger partial charge on any atom is -0.363 e. The molecule has 0 bridgehead atoms. The van der Waals surface area contributed by atoms with Crippen LogP contribution in [0.15, 0.2) is 9.59 Å². The van der Waals surface area contributed by atoms with E-state index in [1.165, 1.54) is 0 Å². The first kappa shape index (κ1) is 11.6. The normalized spacial score (nSPS) is 12.3. The smallest absolute Gasteiger partial charge is 0.342 e. The van der Waals surface area contributed by atoms with Crippen LogP contribution in [0.5, 0.6) is 0 Å². The molecule has 0 fully saturated rings. The zero-order valence-corrected chi connectivity index (χ0v) is 9.02. The van der Waals surface area contributed by atoms with Crippen molar-refractivity contribution in [2.24, 2.45) is 0 Å². The predicted molar refractivity (Wildman–Crippen MR) is 57.5 cm³/mol. The Morgan fingerprint density at radius 2 is 2.20 bits per heavy atom. The van der Waals surface area contributed by atoms with E-state index in [0.29, 0.717) is 18.1 Å². The minimum absolute atomic E-state index is 0.0303. The highest BCUT2D eigenvalue weighted by atomic mass is 32.2. The van der Waals surface area contributed by atoms with Crippen LogP contribution in [0.2, 0.25) is 0 Å². The van der Waals surface area contributed by atoms with E-state index in [1.807, 2.05) is 11.9 Å². The molecule has 0 saturated carbocycles. The van der Waals surface area contributed by atoms with E-state index in [4.69, 9.17) is 0 Å². The second-order valence-electron chi connectivity index (χ2n) is 2.71. The number of aromatic amines is 2. The van der Waals surface area contributed by atoms with Gasteiger partial charge in [-0.1, -0.05) is 6.92 Å². The second kappa shape index (κ2) is 5.44. The largest absolute Gasteiger partial charge is 0.363 e. The summed E-state index contributed by atoms with van der Waals surface area (Å²) in [6.07, 6.45) is 0. The number of anilines is 1. The van der Waals surface area contributed by atoms with E-state index >= 15 is 0 Å². The van der Waals surface area contributed by atoms with Gasteiger partial charge in [0.2, 0.25) is 5.82 Å². The van der Waals surface area contributed by atoms with E-state index in [1.54, 1.807) is 0 Å². The summed E-state index contributed by atoms with van der Waals surface area (Å²) >= 11 is 0. The number of aromatic nitrogens is 3. The van der Waals surface area contributed by atoms with Crippen molar-refractivity contribution in [3.05, 3.63) is 20.8 Å². The van der Waals surface area contributed by atoms with Gasteiger partial charge in [-0.25, -0.2) is 9.89 Å². The summed E-state index contributed by atoms with van der Waals surface area (Å²) in [6, 6.07) is 0. The third-order valence-electron chi connectivity index (χ3n) is 1.66. The van der Waals surface area contributed by atoms with E-state index in [-0.39, 0.29) is 5.82 Å². The van der Waals surface area contributed by atoms with Crippen molar-refractivity contribution in [3.8, 4) is 0 Å². The predicted octanol–water partition coefficient (Wildman–Crippen LogP) is -1.36. The van der Waals surface area contributed by atoms with Gasteiger partial charge in [0.25, 0.3) is 5.56 Å². The monoisotopic (exact) mass is 232 g/mol. The first-order valence-corrected chi connectivity index (χ1v) is 5.90. The Kier molecular flexibility index (Phi) is 4.22. The molecule has 0 amide bonds. The van der Waals surface area contributed by atoms with Gasteiger partial charge in [-0.05, 0) is 0 Å². The summed E-state index contributed by atoms with van der Waals surface area (Å²) in [6.45, 7) is 2.20. The number of hydrogen-bond acceptors (Lipinski definition) is 5. The lowest BCUT2D eigenvalue weighted by Crippen LogP contribution is -2.28. The Hall–Kier alpha value is -1.44. The topological polar surface area (TPSA) is 108 Å². The molecule has 0 aliphatic heterocycles. The molecule has 1 aromatic rings. The van der Waals surface area contributed by atoms with Crippen LogP contribution in [0.3, 0.4) is 0 Å². The van der Waals surface area contributed by atoms with E-state index < -0.39 is 22.0 Å². The van der Waals surface area contributed by atoms with Crippen LogP contribution in [0, 0.1) is 0 Å². The molecule has 1 atom stereocenters. The third-order valence-corrected chi connectivity index (χ3v) is 2.96. The Bertz CT molecular complexity index is 452. The van der Waals surface area contributed by atoms with Crippen molar-refractivity contribution in [2.45, 2.75) is 6.92 Å². The Morgan fingerprint density at radius 1 is 1.47 bits per heavy atom. The van der Waals surface area contributed by atoms with Gasteiger partial charge in [-0.15, -0.1) is 5.10 Å². The summed E-state index contributed by atoms with van der Waals surface area (Å²) < 4.78 is 11.0. The molecular formula is C7H12N4O3S. The molecule has 1 aromatic heterocycles. The van der Waals surface area contributed by atoms with Crippen LogP contribution in [-0.4, -0.2) is 37.4 Å². The molecule has 0 aliphatic carbocycles. The highest BCUT2D eigenvalue weighted by molar-refractivity contribution is 7.84. The van der Waals surface area contributed by atoms with Gasteiger partial charge in [-0.2, -0.15) is 0 Å². The van der Waals surface area contributed by atoms with E-state index in [9.17, 15) is 13.8 Å². The fourth-order valence-electron chi connectivity index (χ4n) is 0.895. The number of H-pyrrole nitrogens is 2. The maximum Gasteiger partial charge on any atom is 0.342 e. The van der Waals surface area contributed by atoms with Crippen LogP contribution in [0.4, 0.5) is 5.82 Å². The van der Waals surface area contributed by atoms with Gasteiger partial charge in [0, 0.05) is 28.9 Å². The SMILES string of the molecule is CCS(=O)CCNc1n[nH]c(=O)[nH]c1=O. The summed E-state index contributed by atoms with van der Waals surface area (Å²) in [5.41, 5.74) is -1.23. The zero-order valence-electron chi connectivity index (χ0n) is 8.20. The fraction of sp³-hybridized carbons (Fsp3) is 0.571. The molecule has 8 heteroatoms. The third kappa shape index (κ3) is 3.66. The van der Waals surface area contributed by atoms with Crippen LogP contribution < -0.4 is 16.6 Å². The molecule has 0 aromatic carbocycles. The Morgan fingerprint density at radius 3 is 2.80 bits per heavy atom. The molecule has 0 radical (unpaired) electrons. The number of nitrogens with zero attached hydrogens (tertiary/aromatic N) is 1. The molecule has 15 heavy (non-hydrogen) atoms. The Labute approximate surface area is 87.8 Å². The van der Waals surface area contributed by atoms with Crippen molar-refractivity contribution in [2.75, 3.05) is 23.4 Å². The lowest BCUT2D eigenvalue weighted by atomic mass is 10.6. The van der Waals surface area contributed by atoms with Gasteiger partial charge in [0.15, 0.2) is 0 Å². The van der Waals surface area contributed by atoms with Crippen molar-refractivity contribution < 1.29 is 4.21 Å². The number of rotatable bonds is 5. The molecule has 0 saturated heterocycles. The molecule has 3 N–H and O–H groups in total. The second-order valence-corrected chi connectivity index (χ2v) is 4.58. The van der Waals surface area contributed by atoms with Crippen LogP contribution in [-0.2, 0) is 10.8 Å². The van der Waals surface area contributed by atoms with Gasteiger partial charge < -0.3 is 5.32 Å². The highest BCUT2D eigenvalue weighted by Crippen LogP contribution is 1.87. The van der Waals surface area contributed by atoms with Gasteiger partial charge in [-0.3, -0.25) is 14.0 Å². The number of nitrogens with one attached hydrogen (secondary N) is 3. The van der Waals surface area contributed by atoms with Gasteiger partial charge in [0.1, 0.15) is 0 Å². The van der Waals surface area contributed by atoms with E-state index in [0.717, 1.165) is 0 Å². The molecule has 0 spiro atoms. The molecule has 84 valence electrons. The summed E-state index contributed by atoms with van der Waals surface area (Å²) in [7, 11) is -0.886. The van der Waals surface area contributed by atoms with E-state index in [2.05, 4.69) is 15.5 Å². The quantitative estimate of drug-likeness (QED) is 0.581. The number of hydrogen-bond donors (Lipinski definition) is 3. The molecular weight excluding hydrogens is 220 g/mol. The van der Waals surface area contributed by atoms with Crippen molar-refractivity contribution >= 4 is 16.6 Å². The van der Waals surface area contributed by atoms with Gasteiger partial charge >= 0.3 is 5.69 Å². The van der Waals surface area contributed by atoms with Gasteiger partial charge in [0.05, 0.1) is 0 Å². The van der Waals surface area contributed by atoms with Crippen LogP contribution in [0.25, 0.3) is 0 Å². The molecule has 0 aliphatic rings. The highest BCUT2D eigenvalue weighted by Gasteiger charge is 2.01. The molecule has 7 nitrogen and oxygen atoms in total. The lowest BCUT2D eigenvalue weighted by molar-refractivity contribution is 0.684. The maximum absolute atomic E-state index is 11.1. The summed E-state index contributed by atoms with van der Waals surface area (Å²) in [5.74, 6) is 1.05. The molecule has 1 heterocycles. The maximum atomic E-state index is 11.1. The lowest BCUT2D eigenvalue weighted by Gasteiger charge is -2.02. The standard InChI is InChI=1S/C7H12N4O3S/c1-2-15(14)4-3-8-5-6(12)9-7(13)11-10-5/h2-4H2,1H3,(H,8,10)(H2,9,11,12,13). The fourth-order valence-corrected chi connectivity index (χ4v) is 1.51. The average Bonchev–Trinajstić information content (AvgIpc) is 2.21. The molecule has 1 rings (SSSR count). The first-order chi connectivity index (χ1) is 7.13. The van der Waals surface area contributed by atoms with Crippen molar-refractivity contribution in [1.82, 2.24) is 15.2 Å². The minimum atomic E-state index is -0.886. The van der Waals surface area contributed by atoms with Crippen LogP contribution in [0.1, 0.15) is 6.92 Å². The average molecular weight is 232 g/mol. The molecule has 1 unspecified atom stereocenters. The first-order valence-electron chi connectivity index (χ1n) is 4.41. The zero-order chi connectivity index (χ0) is 11.3. The summed E-state index contributed by atoms with van der Waals surface area (Å²) in [4.78, 5) is 23.8. The van der Waals surface area contributed by atoms with Crippen molar-refractivity contribution in [1.29, 1.82) is 0 Å². The Balaban J connectivity index is 2.55. The summed E-state index contributed by atoms with van der Waals surface area (Å²) in [5, 5.41) is 8.29. The van der Waals surface area contributed by atoms with Crippen molar-refractivity contribution in [3.63, 3.8) is 0 Å². The van der Waals surface area contributed by atoms with Crippen LogP contribution >= 0.6 is 0 Å².